The molecule has 2 rings (SSSR count). The van der Waals surface area contributed by atoms with Gasteiger partial charge in [0, 0.05) is 13.1 Å². The number of piperidine rings is 1. The maximum absolute atomic E-state index is 13.4. The van der Waals surface area contributed by atoms with E-state index in [2.05, 4.69) is 4.90 Å². The van der Waals surface area contributed by atoms with Gasteiger partial charge in [-0.25, -0.2) is 4.39 Å². The van der Waals surface area contributed by atoms with Gasteiger partial charge in [-0.3, -0.25) is 4.90 Å². The van der Waals surface area contributed by atoms with E-state index in [0.717, 1.165) is 38.2 Å². The van der Waals surface area contributed by atoms with Crippen LogP contribution < -0.4 is 5.73 Å². The van der Waals surface area contributed by atoms with E-state index in [1.165, 1.54) is 18.9 Å². The fourth-order valence-corrected chi connectivity index (χ4v) is 2.86. The predicted octanol–water partition coefficient (Wildman–Crippen LogP) is 3.04. The molecule has 2 N–H and O–H groups in total. The zero-order valence-corrected chi connectivity index (χ0v) is 11.3. The number of nitrogens with two attached hydrogens (primary N) is 1. The first-order valence-electron chi connectivity index (χ1n) is 6.56. The van der Waals surface area contributed by atoms with Gasteiger partial charge in [-0.2, -0.15) is 0 Å². The first-order valence-corrected chi connectivity index (χ1v) is 6.94. The van der Waals surface area contributed by atoms with Gasteiger partial charge >= 0.3 is 0 Å². The van der Waals surface area contributed by atoms with Gasteiger partial charge in [0.2, 0.25) is 0 Å². The molecule has 1 aromatic carbocycles. The molecule has 18 heavy (non-hydrogen) atoms. The maximum atomic E-state index is 13.4. The average molecular weight is 271 g/mol. The van der Waals surface area contributed by atoms with E-state index < -0.39 is 0 Å². The number of rotatable bonds is 4. The molecule has 1 aliphatic rings. The third-order valence-electron chi connectivity index (χ3n) is 3.60. The van der Waals surface area contributed by atoms with Gasteiger partial charge in [0.1, 0.15) is 5.82 Å². The van der Waals surface area contributed by atoms with Gasteiger partial charge < -0.3 is 5.73 Å². The molecule has 1 heterocycles. The number of benzene rings is 1. The smallest absolute Gasteiger partial charge is 0.142 e. The Morgan fingerprint density at radius 1 is 1.44 bits per heavy atom. The highest BCUT2D eigenvalue weighted by atomic mass is 35.5. The van der Waals surface area contributed by atoms with Crippen molar-refractivity contribution in [2.24, 2.45) is 11.7 Å². The van der Waals surface area contributed by atoms with Crippen LogP contribution in [0.25, 0.3) is 0 Å². The van der Waals surface area contributed by atoms with Crippen LogP contribution in [0.2, 0.25) is 5.02 Å². The Hall–Kier alpha value is -0.640. The first-order chi connectivity index (χ1) is 8.70. The van der Waals surface area contributed by atoms with Gasteiger partial charge in [0.05, 0.1) is 5.02 Å². The second-order valence-corrected chi connectivity index (χ2v) is 5.41. The minimum Gasteiger partial charge on any atom is -0.330 e. The summed E-state index contributed by atoms with van der Waals surface area (Å²) in [5.74, 6) is 0.348. The van der Waals surface area contributed by atoms with E-state index in [0.29, 0.717) is 5.92 Å². The van der Waals surface area contributed by atoms with Crippen molar-refractivity contribution in [3.63, 3.8) is 0 Å². The second-order valence-electron chi connectivity index (χ2n) is 5.03. The molecule has 0 aliphatic carbocycles. The van der Waals surface area contributed by atoms with Crippen LogP contribution in [-0.4, -0.2) is 24.5 Å². The van der Waals surface area contributed by atoms with Crippen LogP contribution in [0, 0.1) is 11.7 Å². The zero-order chi connectivity index (χ0) is 13.0. The van der Waals surface area contributed by atoms with Crippen molar-refractivity contribution in [1.29, 1.82) is 0 Å². The number of hydrogen-bond donors (Lipinski definition) is 1. The van der Waals surface area contributed by atoms with Crippen LogP contribution in [-0.2, 0) is 6.54 Å². The molecule has 1 aliphatic heterocycles. The number of nitrogens with zero attached hydrogens (tertiary/aromatic N) is 1. The van der Waals surface area contributed by atoms with Crippen molar-refractivity contribution < 1.29 is 4.39 Å². The Bertz CT molecular complexity index is 395. The van der Waals surface area contributed by atoms with Crippen LogP contribution in [0.1, 0.15) is 24.8 Å². The molecule has 4 heteroatoms. The van der Waals surface area contributed by atoms with E-state index >= 15 is 0 Å². The molecular weight excluding hydrogens is 251 g/mol. The molecule has 1 unspecified atom stereocenters. The van der Waals surface area contributed by atoms with Gasteiger partial charge in [0.25, 0.3) is 0 Å². The number of halogens is 2. The molecule has 1 aromatic rings. The Morgan fingerprint density at radius 3 is 3.06 bits per heavy atom. The second kappa shape index (κ2) is 6.50. The topological polar surface area (TPSA) is 29.3 Å². The zero-order valence-electron chi connectivity index (χ0n) is 10.5. The average Bonchev–Trinajstić information content (AvgIpc) is 2.36. The lowest BCUT2D eigenvalue weighted by Crippen LogP contribution is -2.35. The molecule has 1 atom stereocenters. The molecule has 0 bridgehead atoms. The van der Waals surface area contributed by atoms with Crippen LogP contribution in [0.4, 0.5) is 4.39 Å². The fraction of sp³-hybridized carbons (Fsp3) is 0.571. The first kappa shape index (κ1) is 13.8. The molecule has 1 fully saturated rings. The van der Waals surface area contributed by atoms with Crippen molar-refractivity contribution in [3.8, 4) is 0 Å². The molecule has 0 aromatic heterocycles. The highest BCUT2D eigenvalue weighted by Crippen LogP contribution is 2.25. The summed E-state index contributed by atoms with van der Waals surface area (Å²) >= 11 is 5.99. The van der Waals surface area contributed by atoms with Crippen molar-refractivity contribution in [2.45, 2.75) is 25.8 Å². The highest BCUT2D eigenvalue weighted by Gasteiger charge is 2.20. The van der Waals surface area contributed by atoms with Crippen LogP contribution in [0.5, 0.6) is 0 Å². The maximum Gasteiger partial charge on any atom is 0.142 e. The van der Waals surface area contributed by atoms with Crippen molar-refractivity contribution in [1.82, 2.24) is 4.90 Å². The summed E-state index contributed by atoms with van der Waals surface area (Å²) in [6.07, 6.45) is 3.52. The minimum atomic E-state index is -0.329. The predicted molar refractivity (Wildman–Crippen MR) is 73.1 cm³/mol. The molecule has 1 saturated heterocycles. The number of hydrogen-bond acceptors (Lipinski definition) is 2. The van der Waals surface area contributed by atoms with Crippen molar-refractivity contribution >= 4 is 11.6 Å². The fourth-order valence-electron chi connectivity index (χ4n) is 2.68. The van der Waals surface area contributed by atoms with Crippen molar-refractivity contribution in [3.05, 3.63) is 34.6 Å². The van der Waals surface area contributed by atoms with Gasteiger partial charge in [-0.15, -0.1) is 0 Å². The molecule has 0 saturated carbocycles. The van der Waals surface area contributed by atoms with E-state index in [9.17, 15) is 4.39 Å². The summed E-state index contributed by atoms with van der Waals surface area (Å²) in [7, 11) is 0. The highest BCUT2D eigenvalue weighted by molar-refractivity contribution is 6.31. The third kappa shape index (κ3) is 3.44. The molecular formula is C14H20ClFN2. The Morgan fingerprint density at radius 2 is 2.28 bits per heavy atom. The van der Waals surface area contributed by atoms with E-state index in [1.54, 1.807) is 6.07 Å². The Kier molecular flexibility index (Phi) is 4.98. The standard InChI is InChI=1S/C14H20ClFN2/c15-14-12(4-1-5-13(14)16)10-18-8-2-3-11(9-18)6-7-17/h1,4-5,11H,2-3,6-10,17H2. The van der Waals surface area contributed by atoms with Gasteiger partial charge in [0.15, 0.2) is 0 Å². The molecule has 0 spiro atoms. The lowest BCUT2D eigenvalue weighted by atomic mass is 9.94. The third-order valence-corrected chi connectivity index (χ3v) is 4.03. The van der Waals surface area contributed by atoms with Crippen LogP contribution in [0.15, 0.2) is 18.2 Å². The van der Waals surface area contributed by atoms with E-state index in [-0.39, 0.29) is 10.8 Å². The normalized spacial score (nSPS) is 21.2. The van der Waals surface area contributed by atoms with E-state index in [1.807, 2.05) is 6.07 Å². The summed E-state index contributed by atoms with van der Waals surface area (Å²) < 4.78 is 13.4. The Balaban J connectivity index is 1.98. The molecule has 0 radical (unpaired) electrons. The number of likely N-dealkylation sites (tertiary alicyclic amines) is 1. The SMILES string of the molecule is NCCC1CCCN(Cc2cccc(F)c2Cl)C1. The van der Waals surface area contributed by atoms with Crippen molar-refractivity contribution in [2.75, 3.05) is 19.6 Å². The summed E-state index contributed by atoms with van der Waals surface area (Å²) in [5.41, 5.74) is 6.49. The molecule has 2 nitrogen and oxygen atoms in total. The lowest BCUT2D eigenvalue weighted by molar-refractivity contribution is 0.163. The molecule has 0 amide bonds. The minimum absolute atomic E-state index is 0.262. The van der Waals surface area contributed by atoms with Crippen LogP contribution in [0.3, 0.4) is 0 Å². The quantitative estimate of drug-likeness (QED) is 0.911. The largest absolute Gasteiger partial charge is 0.330 e. The van der Waals surface area contributed by atoms with Gasteiger partial charge in [-0.1, -0.05) is 23.7 Å². The van der Waals surface area contributed by atoms with E-state index in [4.69, 9.17) is 17.3 Å². The monoisotopic (exact) mass is 270 g/mol. The van der Waals surface area contributed by atoms with Crippen LogP contribution >= 0.6 is 11.6 Å². The van der Waals surface area contributed by atoms with Gasteiger partial charge in [-0.05, 0) is 49.9 Å². The lowest BCUT2D eigenvalue weighted by Gasteiger charge is -2.32. The summed E-state index contributed by atoms with van der Waals surface area (Å²) in [6.45, 7) is 3.59. The summed E-state index contributed by atoms with van der Waals surface area (Å²) in [4.78, 5) is 2.35. The summed E-state index contributed by atoms with van der Waals surface area (Å²) in [6, 6.07) is 5.02. The Labute approximate surface area is 113 Å². The summed E-state index contributed by atoms with van der Waals surface area (Å²) in [5, 5.41) is 0.262. The molecule has 100 valence electrons.